The van der Waals surface area contributed by atoms with Crippen LogP contribution in [0.25, 0.3) is 0 Å². The zero-order valence-electron chi connectivity index (χ0n) is 14.0. The van der Waals surface area contributed by atoms with Crippen molar-refractivity contribution in [3.05, 3.63) is 74.8 Å². The van der Waals surface area contributed by atoms with Crippen LogP contribution in [-0.4, -0.2) is 23.4 Å². The summed E-state index contributed by atoms with van der Waals surface area (Å²) in [5.41, 5.74) is 0.618. The summed E-state index contributed by atoms with van der Waals surface area (Å²) >= 11 is 5.89. The highest BCUT2D eigenvalue weighted by Gasteiger charge is 2.22. The monoisotopic (exact) mass is 376 g/mol. The average molecular weight is 377 g/mol. The molecule has 0 bridgehead atoms. The molecule has 0 aliphatic heterocycles. The Labute approximate surface area is 155 Å². The first-order valence-electron chi connectivity index (χ1n) is 7.87. The summed E-state index contributed by atoms with van der Waals surface area (Å²) in [4.78, 5) is 34.8. The third-order valence-electron chi connectivity index (χ3n) is 3.55. The topological polar surface area (TPSA) is 98.5 Å². The Morgan fingerprint density at radius 1 is 1.23 bits per heavy atom. The predicted molar refractivity (Wildman–Crippen MR) is 96.0 cm³/mol. The van der Waals surface area contributed by atoms with Crippen LogP contribution in [-0.2, 0) is 9.53 Å². The Balaban J connectivity index is 2.28. The van der Waals surface area contributed by atoms with Gasteiger partial charge in [0.25, 0.3) is 11.6 Å². The number of benzene rings is 2. The van der Waals surface area contributed by atoms with Gasteiger partial charge in [0.2, 0.25) is 0 Å². The quantitative estimate of drug-likeness (QED) is 0.451. The summed E-state index contributed by atoms with van der Waals surface area (Å²) in [6, 6.07) is 11.3. The number of amides is 1. The van der Waals surface area contributed by atoms with Crippen molar-refractivity contribution in [1.82, 2.24) is 5.32 Å². The fourth-order valence-corrected chi connectivity index (χ4v) is 2.56. The number of nitrogens with zero attached hydrogens (tertiary/aromatic N) is 1. The maximum absolute atomic E-state index is 12.5. The van der Waals surface area contributed by atoms with Gasteiger partial charge in [0, 0.05) is 22.7 Å². The lowest BCUT2D eigenvalue weighted by molar-refractivity contribution is -0.384. The number of rotatable bonds is 7. The van der Waals surface area contributed by atoms with E-state index in [0.29, 0.717) is 16.1 Å². The summed E-state index contributed by atoms with van der Waals surface area (Å²) in [6.45, 7) is 1.87. The maximum Gasteiger partial charge on any atom is 0.308 e. The zero-order valence-corrected chi connectivity index (χ0v) is 14.7. The molecule has 1 amide bonds. The van der Waals surface area contributed by atoms with E-state index in [1.165, 1.54) is 24.3 Å². The molecule has 2 aromatic rings. The minimum Gasteiger partial charge on any atom is -0.466 e. The summed E-state index contributed by atoms with van der Waals surface area (Å²) in [5.74, 6) is -0.969. The van der Waals surface area contributed by atoms with Gasteiger partial charge in [-0.3, -0.25) is 19.7 Å². The van der Waals surface area contributed by atoms with E-state index in [4.69, 9.17) is 16.3 Å². The molecule has 7 nitrogen and oxygen atoms in total. The van der Waals surface area contributed by atoms with E-state index in [1.807, 2.05) is 0 Å². The van der Waals surface area contributed by atoms with Gasteiger partial charge in [-0.05, 0) is 30.7 Å². The van der Waals surface area contributed by atoms with Crippen molar-refractivity contribution in [2.75, 3.05) is 6.61 Å². The molecule has 0 aromatic heterocycles. The van der Waals surface area contributed by atoms with Gasteiger partial charge in [-0.2, -0.15) is 0 Å². The van der Waals surface area contributed by atoms with Crippen molar-refractivity contribution in [1.29, 1.82) is 0 Å². The molecule has 0 fully saturated rings. The first kappa shape index (κ1) is 19.4. The molecule has 8 heteroatoms. The third kappa shape index (κ3) is 5.29. The molecule has 1 N–H and O–H groups in total. The van der Waals surface area contributed by atoms with Crippen molar-refractivity contribution in [2.24, 2.45) is 0 Å². The minimum absolute atomic E-state index is 0.131. The second kappa shape index (κ2) is 8.96. The van der Waals surface area contributed by atoms with Crippen molar-refractivity contribution in [3.63, 3.8) is 0 Å². The van der Waals surface area contributed by atoms with Gasteiger partial charge in [-0.25, -0.2) is 0 Å². The summed E-state index contributed by atoms with van der Waals surface area (Å²) < 4.78 is 4.93. The lowest BCUT2D eigenvalue weighted by Gasteiger charge is -2.18. The molecule has 0 heterocycles. The van der Waals surface area contributed by atoms with Crippen LogP contribution in [0.4, 0.5) is 5.69 Å². The number of non-ortho nitro benzene ring substituents is 1. The maximum atomic E-state index is 12.5. The highest BCUT2D eigenvalue weighted by molar-refractivity contribution is 6.30. The first-order chi connectivity index (χ1) is 12.4. The van der Waals surface area contributed by atoms with Crippen LogP contribution in [0.2, 0.25) is 5.02 Å². The normalized spacial score (nSPS) is 11.5. The number of esters is 1. The number of nitro groups is 1. The number of carbonyl (C=O) groups excluding carboxylic acids is 2. The summed E-state index contributed by atoms with van der Waals surface area (Å²) in [7, 11) is 0. The molecule has 1 unspecified atom stereocenters. The zero-order chi connectivity index (χ0) is 19.1. The first-order valence-corrected chi connectivity index (χ1v) is 8.25. The van der Waals surface area contributed by atoms with Crippen molar-refractivity contribution < 1.29 is 19.2 Å². The molecule has 2 rings (SSSR count). The average Bonchev–Trinajstić information content (AvgIpc) is 2.61. The van der Waals surface area contributed by atoms with Gasteiger partial charge in [0.15, 0.2) is 0 Å². The molecule has 0 aliphatic carbocycles. The second-order valence-electron chi connectivity index (χ2n) is 5.40. The number of nitrogens with one attached hydrogen (secondary N) is 1. The second-order valence-corrected chi connectivity index (χ2v) is 5.83. The van der Waals surface area contributed by atoms with Gasteiger partial charge in [0.1, 0.15) is 0 Å². The van der Waals surface area contributed by atoms with Crippen LogP contribution >= 0.6 is 11.6 Å². The predicted octanol–water partition coefficient (Wildman–Crippen LogP) is 3.67. The van der Waals surface area contributed by atoms with E-state index >= 15 is 0 Å². The van der Waals surface area contributed by atoms with Gasteiger partial charge in [0.05, 0.1) is 24.0 Å². The van der Waals surface area contributed by atoms with E-state index in [1.54, 1.807) is 31.2 Å². The van der Waals surface area contributed by atoms with Crippen molar-refractivity contribution in [3.8, 4) is 0 Å². The Bertz CT molecular complexity index is 825. The Morgan fingerprint density at radius 2 is 1.96 bits per heavy atom. The van der Waals surface area contributed by atoms with Crippen molar-refractivity contribution >= 4 is 29.2 Å². The lowest BCUT2D eigenvalue weighted by Crippen LogP contribution is -2.30. The van der Waals surface area contributed by atoms with Gasteiger partial charge >= 0.3 is 5.97 Å². The number of halogens is 1. The minimum atomic E-state index is -0.777. The standard InChI is InChI=1S/C18H17ClN2O5/c1-2-26-17(22)11-16(12-5-4-8-15(10-12)21(24)25)20-18(23)13-6-3-7-14(19)9-13/h3-10,16H,2,11H2,1H3,(H,20,23). The Hall–Kier alpha value is -2.93. The molecule has 1 atom stereocenters. The van der Waals surface area contributed by atoms with Crippen LogP contribution in [0.1, 0.15) is 35.3 Å². The SMILES string of the molecule is CCOC(=O)CC(NC(=O)c1cccc(Cl)c1)c1cccc([N+](=O)[O-])c1. The van der Waals surface area contributed by atoms with E-state index in [-0.39, 0.29) is 18.7 Å². The van der Waals surface area contributed by atoms with E-state index in [2.05, 4.69) is 5.32 Å². The lowest BCUT2D eigenvalue weighted by atomic mass is 10.0. The third-order valence-corrected chi connectivity index (χ3v) is 3.79. The van der Waals surface area contributed by atoms with Crippen molar-refractivity contribution in [2.45, 2.75) is 19.4 Å². The smallest absolute Gasteiger partial charge is 0.308 e. The number of hydrogen-bond donors (Lipinski definition) is 1. The molecule has 0 spiro atoms. The van der Waals surface area contributed by atoms with Gasteiger partial charge in [-0.15, -0.1) is 0 Å². The molecule has 136 valence electrons. The van der Waals surface area contributed by atoms with E-state index in [0.717, 1.165) is 0 Å². The Kier molecular flexibility index (Phi) is 6.68. The molecule has 0 saturated heterocycles. The molecule has 0 radical (unpaired) electrons. The van der Waals surface area contributed by atoms with Crippen LogP contribution in [0.15, 0.2) is 48.5 Å². The number of nitro benzene ring substituents is 1. The number of hydrogen-bond acceptors (Lipinski definition) is 5. The number of carbonyl (C=O) groups is 2. The van der Waals surface area contributed by atoms with Gasteiger partial charge in [-0.1, -0.05) is 29.8 Å². The Morgan fingerprint density at radius 3 is 2.62 bits per heavy atom. The molecular weight excluding hydrogens is 360 g/mol. The molecule has 0 saturated carbocycles. The highest BCUT2D eigenvalue weighted by Crippen LogP contribution is 2.23. The summed E-state index contributed by atoms with van der Waals surface area (Å²) in [6.07, 6.45) is -0.151. The highest BCUT2D eigenvalue weighted by atomic mass is 35.5. The fraction of sp³-hybridized carbons (Fsp3) is 0.222. The van der Waals surface area contributed by atoms with E-state index < -0.39 is 22.8 Å². The molecule has 0 aliphatic rings. The fourth-order valence-electron chi connectivity index (χ4n) is 2.37. The van der Waals surface area contributed by atoms with Crippen LogP contribution in [0.5, 0.6) is 0 Å². The summed E-state index contributed by atoms with van der Waals surface area (Å²) in [5, 5.41) is 14.1. The van der Waals surface area contributed by atoms with Crippen LogP contribution in [0.3, 0.4) is 0 Å². The molecule has 2 aromatic carbocycles. The number of ether oxygens (including phenoxy) is 1. The van der Waals surface area contributed by atoms with Gasteiger partial charge < -0.3 is 10.1 Å². The molecule has 26 heavy (non-hydrogen) atoms. The largest absolute Gasteiger partial charge is 0.466 e. The van der Waals surface area contributed by atoms with Crippen LogP contribution in [0, 0.1) is 10.1 Å². The molecular formula is C18H17ClN2O5. The van der Waals surface area contributed by atoms with Crippen LogP contribution < -0.4 is 5.32 Å². The van der Waals surface area contributed by atoms with E-state index in [9.17, 15) is 19.7 Å².